The second kappa shape index (κ2) is 12.1. The maximum Gasteiger partial charge on any atom is 0.194 e. The number of aromatic nitrogens is 1. The van der Waals surface area contributed by atoms with Crippen LogP contribution in [-0.2, 0) is 17.8 Å². The zero-order chi connectivity index (χ0) is 18.1. The van der Waals surface area contributed by atoms with Crippen LogP contribution in [-0.4, -0.2) is 50.2 Å². The van der Waals surface area contributed by atoms with Crippen molar-refractivity contribution in [2.75, 3.05) is 39.7 Å². The number of hydrogen-bond acceptors (Lipinski definition) is 5. The Bertz CT molecular complexity index is 674. The number of aryl methyl sites for hydroxylation is 1. The molecule has 1 aromatic heterocycles. The smallest absolute Gasteiger partial charge is 0.194 e. The van der Waals surface area contributed by atoms with Crippen molar-refractivity contribution in [3.05, 3.63) is 45.9 Å². The van der Waals surface area contributed by atoms with E-state index in [1.54, 1.807) is 25.5 Å². The molecule has 0 aliphatic rings. The first kappa shape index (κ1) is 22.7. The molecule has 2 N–H and O–H groups in total. The summed E-state index contributed by atoms with van der Waals surface area (Å²) >= 11 is 1.67. The van der Waals surface area contributed by atoms with E-state index < -0.39 is 0 Å². The van der Waals surface area contributed by atoms with Crippen LogP contribution in [0.3, 0.4) is 0 Å². The van der Waals surface area contributed by atoms with Gasteiger partial charge >= 0.3 is 0 Å². The summed E-state index contributed by atoms with van der Waals surface area (Å²) in [5, 5.41) is 9.89. The molecule has 0 bridgehead atoms. The van der Waals surface area contributed by atoms with Crippen LogP contribution in [0.5, 0.6) is 0 Å². The Balaban J connectivity index is 0.00000338. The molecule has 0 aliphatic carbocycles. The van der Waals surface area contributed by atoms with E-state index in [1.807, 2.05) is 14.0 Å². The highest BCUT2D eigenvalue weighted by Gasteiger charge is 2.08. The van der Waals surface area contributed by atoms with Crippen molar-refractivity contribution in [2.45, 2.75) is 20.0 Å². The van der Waals surface area contributed by atoms with Crippen molar-refractivity contribution < 1.29 is 4.74 Å². The van der Waals surface area contributed by atoms with Gasteiger partial charge in [-0.2, -0.15) is 0 Å². The van der Waals surface area contributed by atoms with Crippen LogP contribution >= 0.6 is 35.3 Å². The maximum atomic E-state index is 5.04. The molecule has 0 spiro atoms. The van der Waals surface area contributed by atoms with Gasteiger partial charge in [0.25, 0.3) is 0 Å². The predicted octanol–water partition coefficient (Wildman–Crippen LogP) is 3.34. The van der Waals surface area contributed by atoms with Gasteiger partial charge in [0.2, 0.25) is 0 Å². The fourth-order valence-corrected chi connectivity index (χ4v) is 3.01. The number of hydrogen-bond donors (Lipinski definition) is 2. The highest BCUT2D eigenvalue weighted by molar-refractivity contribution is 14.0. The number of anilines is 1. The molecule has 0 aliphatic heterocycles. The Morgan fingerprint density at radius 3 is 2.62 bits per heavy atom. The highest BCUT2D eigenvalue weighted by Crippen LogP contribution is 2.11. The van der Waals surface area contributed by atoms with Gasteiger partial charge < -0.3 is 20.3 Å². The zero-order valence-electron chi connectivity index (χ0n) is 15.8. The lowest BCUT2D eigenvalue weighted by Crippen LogP contribution is -2.38. The zero-order valence-corrected chi connectivity index (χ0v) is 18.9. The molecule has 8 heteroatoms. The van der Waals surface area contributed by atoms with Crippen molar-refractivity contribution in [1.29, 1.82) is 0 Å². The van der Waals surface area contributed by atoms with Crippen LogP contribution < -0.4 is 10.6 Å². The number of guanidine groups is 1. The van der Waals surface area contributed by atoms with Gasteiger partial charge in [-0.1, -0.05) is 12.1 Å². The van der Waals surface area contributed by atoms with Crippen molar-refractivity contribution in [2.24, 2.45) is 4.99 Å². The molecule has 0 fully saturated rings. The third-order valence-electron chi connectivity index (χ3n) is 3.68. The molecule has 1 heterocycles. The molecule has 0 saturated carbocycles. The molecule has 0 atom stereocenters. The molecule has 0 amide bonds. The number of methoxy groups -OCH3 is 1. The second-order valence-corrected chi connectivity index (χ2v) is 6.79. The van der Waals surface area contributed by atoms with Crippen molar-refractivity contribution in [1.82, 2.24) is 15.2 Å². The SMILES string of the molecule is CN=C(NCc1ccc(NCCOC)cc1)N(C)Cc1csc(C)n1.I. The third-order valence-corrected chi connectivity index (χ3v) is 4.50. The van der Waals surface area contributed by atoms with E-state index >= 15 is 0 Å². The Morgan fingerprint density at radius 2 is 2.04 bits per heavy atom. The number of nitrogens with zero attached hydrogens (tertiary/aromatic N) is 3. The first-order valence-electron chi connectivity index (χ1n) is 8.27. The lowest BCUT2D eigenvalue weighted by Gasteiger charge is -2.21. The summed E-state index contributed by atoms with van der Waals surface area (Å²) in [4.78, 5) is 10.9. The van der Waals surface area contributed by atoms with Crippen LogP contribution in [0.4, 0.5) is 5.69 Å². The van der Waals surface area contributed by atoms with E-state index in [2.05, 4.69) is 55.2 Å². The first-order valence-corrected chi connectivity index (χ1v) is 9.15. The van der Waals surface area contributed by atoms with Gasteiger partial charge in [0.05, 0.1) is 23.9 Å². The first-order chi connectivity index (χ1) is 12.1. The second-order valence-electron chi connectivity index (χ2n) is 5.73. The number of thiazole rings is 1. The standard InChI is InChI=1S/C18H27N5OS.HI/c1-14-22-17(13-25-14)12-23(3)18(19-2)21-11-15-5-7-16(8-6-15)20-9-10-24-4;/h5-8,13,20H,9-12H2,1-4H3,(H,19,21);1H. The minimum absolute atomic E-state index is 0. The fourth-order valence-electron chi connectivity index (χ4n) is 2.40. The summed E-state index contributed by atoms with van der Waals surface area (Å²) < 4.78 is 5.04. The van der Waals surface area contributed by atoms with E-state index in [9.17, 15) is 0 Å². The quantitative estimate of drug-likeness (QED) is 0.258. The van der Waals surface area contributed by atoms with Gasteiger partial charge in [-0.25, -0.2) is 4.98 Å². The molecule has 144 valence electrons. The number of rotatable bonds is 8. The van der Waals surface area contributed by atoms with Gasteiger partial charge in [-0.15, -0.1) is 35.3 Å². The number of ether oxygens (including phenoxy) is 1. The van der Waals surface area contributed by atoms with Crippen LogP contribution in [0.2, 0.25) is 0 Å². The molecular formula is C18H28IN5OS. The lowest BCUT2D eigenvalue weighted by atomic mass is 10.2. The summed E-state index contributed by atoms with van der Waals surface area (Å²) in [5.41, 5.74) is 3.37. The van der Waals surface area contributed by atoms with E-state index in [-0.39, 0.29) is 24.0 Å². The average molecular weight is 489 g/mol. The molecule has 6 nitrogen and oxygen atoms in total. The summed E-state index contributed by atoms with van der Waals surface area (Å²) in [6, 6.07) is 8.38. The molecule has 0 saturated heterocycles. The Kier molecular flexibility index (Phi) is 10.5. The number of nitrogens with one attached hydrogen (secondary N) is 2. The van der Waals surface area contributed by atoms with Gasteiger partial charge in [-0.05, 0) is 24.6 Å². The Morgan fingerprint density at radius 1 is 1.31 bits per heavy atom. The van der Waals surface area contributed by atoms with E-state index in [4.69, 9.17) is 4.74 Å². The lowest BCUT2D eigenvalue weighted by molar-refractivity contribution is 0.211. The van der Waals surface area contributed by atoms with Crippen LogP contribution in [0, 0.1) is 6.92 Å². The van der Waals surface area contributed by atoms with E-state index in [0.29, 0.717) is 6.61 Å². The van der Waals surface area contributed by atoms with Crippen LogP contribution in [0.15, 0.2) is 34.6 Å². The van der Waals surface area contributed by atoms with Gasteiger partial charge in [0.1, 0.15) is 0 Å². The largest absolute Gasteiger partial charge is 0.383 e. The molecule has 26 heavy (non-hydrogen) atoms. The molecule has 0 radical (unpaired) electrons. The van der Waals surface area contributed by atoms with Crippen molar-refractivity contribution in [3.63, 3.8) is 0 Å². The molecular weight excluding hydrogens is 461 g/mol. The van der Waals surface area contributed by atoms with Gasteiger partial charge in [0, 0.05) is 45.4 Å². The summed E-state index contributed by atoms with van der Waals surface area (Å²) in [6.07, 6.45) is 0. The van der Waals surface area contributed by atoms with Gasteiger partial charge in [-0.3, -0.25) is 4.99 Å². The minimum Gasteiger partial charge on any atom is -0.383 e. The predicted molar refractivity (Wildman–Crippen MR) is 121 cm³/mol. The third kappa shape index (κ3) is 7.46. The topological polar surface area (TPSA) is 61.8 Å². The number of benzene rings is 1. The van der Waals surface area contributed by atoms with E-state index in [1.165, 1.54) is 5.56 Å². The normalized spacial score (nSPS) is 11.0. The average Bonchev–Trinajstić information content (AvgIpc) is 3.02. The molecule has 1 aromatic carbocycles. The molecule has 0 unspecified atom stereocenters. The number of halogens is 1. The summed E-state index contributed by atoms with van der Waals surface area (Å²) in [7, 11) is 5.52. The van der Waals surface area contributed by atoms with Gasteiger partial charge in [0.15, 0.2) is 5.96 Å². The fraction of sp³-hybridized carbons (Fsp3) is 0.444. The van der Waals surface area contributed by atoms with Crippen molar-refractivity contribution in [3.8, 4) is 0 Å². The Hall–Kier alpha value is -1.39. The van der Waals surface area contributed by atoms with Crippen molar-refractivity contribution >= 4 is 47.0 Å². The number of aliphatic imine (C=N–C) groups is 1. The molecule has 2 rings (SSSR count). The Labute approximate surface area is 177 Å². The van der Waals surface area contributed by atoms with Crippen LogP contribution in [0.1, 0.15) is 16.3 Å². The maximum absolute atomic E-state index is 5.04. The van der Waals surface area contributed by atoms with E-state index in [0.717, 1.165) is 42.0 Å². The minimum atomic E-state index is 0. The monoisotopic (exact) mass is 489 g/mol. The summed E-state index contributed by atoms with van der Waals surface area (Å²) in [6.45, 7) is 5.00. The summed E-state index contributed by atoms with van der Waals surface area (Å²) in [5.74, 6) is 0.855. The molecule has 2 aromatic rings. The highest BCUT2D eigenvalue weighted by atomic mass is 127. The van der Waals surface area contributed by atoms with Crippen LogP contribution in [0.25, 0.3) is 0 Å².